The molecule has 0 saturated carbocycles. The van der Waals surface area contributed by atoms with E-state index in [0.29, 0.717) is 0 Å². The summed E-state index contributed by atoms with van der Waals surface area (Å²) in [6.07, 6.45) is -1.73. The molecule has 1 aromatic heterocycles. The molecule has 0 atom stereocenters. The molecule has 1 rings (SSSR count). The number of alkyl halides is 2. The van der Waals surface area contributed by atoms with Crippen LogP contribution in [0.25, 0.3) is 0 Å². The molecule has 0 radical (unpaired) electrons. The van der Waals surface area contributed by atoms with Crippen LogP contribution in [0.4, 0.5) is 8.78 Å². The van der Waals surface area contributed by atoms with Crippen molar-refractivity contribution in [2.75, 3.05) is 0 Å². The number of pyridine rings is 1. The number of hydrogen-bond acceptors (Lipinski definition) is 3. The van der Waals surface area contributed by atoms with Gasteiger partial charge in [-0.1, -0.05) is 11.6 Å². The summed E-state index contributed by atoms with van der Waals surface area (Å²) in [5, 5.41) is 8.45. The van der Waals surface area contributed by atoms with E-state index < -0.39 is 12.0 Å². The second-order valence-corrected chi connectivity index (χ2v) is 2.87. The van der Waals surface area contributed by atoms with Gasteiger partial charge in [0.2, 0.25) is 0 Å². The first-order chi connectivity index (χ1) is 6.61. The van der Waals surface area contributed by atoms with Gasteiger partial charge in [-0.25, -0.2) is 8.78 Å². The van der Waals surface area contributed by atoms with E-state index in [0.717, 1.165) is 6.20 Å². The Bertz CT molecular complexity index is 387. The molecule has 0 amide bonds. The largest absolute Gasteiger partial charge is 0.325 e. The summed E-state index contributed by atoms with van der Waals surface area (Å²) < 4.78 is 25.0. The van der Waals surface area contributed by atoms with Crippen LogP contribution in [0.1, 0.15) is 23.2 Å². The van der Waals surface area contributed by atoms with Crippen LogP contribution < -0.4 is 5.73 Å². The summed E-state index contributed by atoms with van der Waals surface area (Å²) in [5.41, 5.74) is 4.65. The Hall–Kier alpha value is -1.25. The molecule has 74 valence electrons. The minimum atomic E-state index is -2.80. The summed E-state index contributed by atoms with van der Waals surface area (Å²) >= 11 is 5.50. The third-order valence-corrected chi connectivity index (χ3v) is 1.97. The molecule has 0 aliphatic heterocycles. The second kappa shape index (κ2) is 4.31. The van der Waals surface area contributed by atoms with Gasteiger partial charge >= 0.3 is 0 Å². The highest BCUT2D eigenvalue weighted by atomic mass is 35.5. The lowest BCUT2D eigenvalue weighted by Crippen LogP contribution is -2.06. The number of nitrogens with zero attached hydrogens (tertiary/aromatic N) is 2. The van der Waals surface area contributed by atoms with Crippen LogP contribution >= 0.6 is 11.6 Å². The van der Waals surface area contributed by atoms with Gasteiger partial charge in [-0.05, 0) is 0 Å². The van der Waals surface area contributed by atoms with Gasteiger partial charge in [-0.2, -0.15) is 5.26 Å². The molecular weight excluding hydrogens is 212 g/mol. The van der Waals surface area contributed by atoms with Crippen molar-refractivity contribution >= 4 is 11.6 Å². The van der Waals surface area contributed by atoms with E-state index in [1.165, 1.54) is 0 Å². The number of rotatable bonds is 2. The van der Waals surface area contributed by atoms with Crippen molar-refractivity contribution in [1.29, 1.82) is 5.26 Å². The van der Waals surface area contributed by atoms with Crippen molar-refractivity contribution in [2.24, 2.45) is 5.73 Å². The standard InChI is InChI=1S/C8H6ClF2N3/c9-5-3-14-6(2-13)4(1-12)7(5)8(10)11/h3,8H,2,13H2. The number of halogens is 3. The van der Waals surface area contributed by atoms with E-state index in [1.807, 2.05) is 0 Å². The Morgan fingerprint density at radius 1 is 1.64 bits per heavy atom. The second-order valence-electron chi connectivity index (χ2n) is 2.46. The van der Waals surface area contributed by atoms with Gasteiger partial charge < -0.3 is 5.73 Å². The summed E-state index contributed by atoms with van der Waals surface area (Å²) in [7, 11) is 0. The third kappa shape index (κ3) is 1.81. The molecule has 2 N–H and O–H groups in total. The minimum Gasteiger partial charge on any atom is -0.325 e. The first-order valence-corrected chi connectivity index (χ1v) is 4.05. The van der Waals surface area contributed by atoms with Crippen LogP contribution in [0.3, 0.4) is 0 Å². The molecule has 1 aromatic rings. The van der Waals surface area contributed by atoms with Crippen molar-refractivity contribution < 1.29 is 8.78 Å². The summed E-state index contributed by atoms with van der Waals surface area (Å²) in [6, 6.07) is 1.63. The maximum atomic E-state index is 12.5. The van der Waals surface area contributed by atoms with Gasteiger partial charge in [0.1, 0.15) is 6.07 Å². The molecule has 0 bridgehead atoms. The van der Waals surface area contributed by atoms with Gasteiger partial charge in [0, 0.05) is 12.7 Å². The molecule has 0 aromatic carbocycles. The minimum absolute atomic E-state index is 0.0697. The smallest absolute Gasteiger partial charge is 0.266 e. The Morgan fingerprint density at radius 3 is 2.71 bits per heavy atom. The van der Waals surface area contributed by atoms with E-state index in [4.69, 9.17) is 22.6 Å². The molecule has 0 saturated heterocycles. The lowest BCUT2D eigenvalue weighted by molar-refractivity contribution is 0.151. The van der Waals surface area contributed by atoms with Gasteiger partial charge in [0.05, 0.1) is 21.8 Å². The molecule has 0 fully saturated rings. The molecule has 6 heteroatoms. The first kappa shape index (κ1) is 10.8. The Balaban J connectivity index is 3.45. The lowest BCUT2D eigenvalue weighted by Gasteiger charge is -2.07. The molecule has 14 heavy (non-hydrogen) atoms. The average molecular weight is 218 g/mol. The topological polar surface area (TPSA) is 62.7 Å². The summed E-state index contributed by atoms with van der Waals surface area (Å²) in [5.74, 6) is 0. The Labute approximate surface area is 84.1 Å². The highest BCUT2D eigenvalue weighted by Crippen LogP contribution is 2.30. The zero-order valence-corrected chi connectivity index (χ0v) is 7.72. The van der Waals surface area contributed by atoms with Crippen molar-refractivity contribution in [3.05, 3.63) is 28.0 Å². The SMILES string of the molecule is N#Cc1c(CN)ncc(Cl)c1C(F)F. The summed E-state index contributed by atoms with van der Waals surface area (Å²) in [4.78, 5) is 3.70. The Morgan fingerprint density at radius 2 is 2.29 bits per heavy atom. The van der Waals surface area contributed by atoms with Gasteiger partial charge in [0.25, 0.3) is 6.43 Å². The van der Waals surface area contributed by atoms with E-state index in [2.05, 4.69) is 4.98 Å². The van der Waals surface area contributed by atoms with E-state index in [9.17, 15) is 8.78 Å². The van der Waals surface area contributed by atoms with Crippen molar-refractivity contribution in [1.82, 2.24) is 4.98 Å². The highest BCUT2D eigenvalue weighted by Gasteiger charge is 2.20. The third-order valence-electron chi connectivity index (χ3n) is 1.67. The van der Waals surface area contributed by atoms with Crippen LogP contribution in [0.15, 0.2) is 6.20 Å². The monoisotopic (exact) mass is 217 g/mol. The van der Waals surface area contributed by atoms with E-state index in [1.54, 1.807) is 6.07 Å². The van der Waals surface area contributed by atoms with Crippen LogP contribution in [-0.4, -0.2) is 4.98 Å². The fourth-order valence-corrected chi connectivity index (χ4v) is 1.26. The number of hydrogen-bond donors (Lipinski definition) is 1. The molecule has 1 heterocycles. The molecule has 0 aliphatic carbocycles. The molecule has 0 spiro atoms. The van der Waals surface area contributed by atoms with Gasteiger partial charge in [-0.3, -0.25) is 4.98 Å². The summed E-state index contributed by atoms with van der Waals surface area (Å²) in [6.45, 7) is -0.0697. The fraction of sp³-hybridized carbons (Fsp3) is 0.250. The Kier molecular flexibility index (Phi) is 3.33. The predicted octanol–water partition coefficient (Wildman–Crippen LogP) is 2.00. The number of nitrogens with two attached hydrogens (primary N) is 1. The van der Waals surface area contributed by atoms with Crippen molar-refractivity contribution in [3.8, 4) is 6.07 Å². The number of nitriles is 1. The van der Waals surface area contributed by atoms with Crippen molar-refractivity contribution in [3.63, 3.8) is 0 Å². The van der Waals surface area contributed by atoms with Crippen LogP contribution in [0.2, 0.25) is 5.02 Å². The number of aromatic nitrogens is 1. The maximum Gasteiger partial charge on any atom is 0.266 e. The fourth-order valence-electron chi connectivity index (χ4n) is 1.04. The zero-order chi connectivity index (χ0) is 10.7. The van der Waals surface area contributed by atoms with Crippen LogP contribution in [0, 0.1) is 11.3 Å². The first-order valence-electron chi connectivity index (χ1n) is 3.67. The van der Waals surface area contributed by atoms with Crippen LogP contribution in [-0.2, 0) is 6.54 Å². The normalized spacial score (nSPS) is 10.3. The van der Waals surface area contributed by atoms with E-state index in [-0.39, 0.29) is 22.8 Å². The van der Waals surface area contributed by atoms with Crippen molar-refractivity contribution in [2.45, 2.75) is 13.0 Å². The highest BCUT2D eigenvalue weighted by molar-refractivity contribution is 6.31. The molecule has 0 unspecified atom stereocenters. The van der Waals surface area contributed by atoms with Gasteiger partial charge in [0.15, 0.2) is 0 Å². The predicted molar refractivity (Wildman–Crippen MR) is 46.8 cm³/mol. The maximum absolute atomic E-state index is 12.5. The quantitative estimate of drug-likeness (QED) is 0.824. The molecule has 3 nitrogen and oxygen atoms in total. The lowest BCUT2D eigenvalue weighted by atomic mass is 10.1. The zero-order valence-electron chi connectivity index (χ0n) is 6.97. The van der Waals surface area contributed by atoms with E-state index >= 15 is 0 Å². The van der Waals surface area contributed by atoms with Crippen LogP contribution in [0.5, 0.6) is 0 Å². The average Bonchev–Trinajstić information content (AvgIpc) is 2.16. The molecular formula is C8H6ClF2N3. The molecule has 0 aliphatic rings. The van der Waals surface area contributed by atoms with Gasteiger partial charge in [-0.15, -0.1) is 0 Å².